The Balaban J connectivity index is 1.85. The third-order valence-electron chi connectivity index (χ3n) is 4.29. The summed E-state index contributed by atoms with van der Waals surface area (Å²) < 4.78 is 0. The third kappa shape index (κ3) is 4.05. The summed E-state index contributed by atoms with van der Waals surface area (Å²) in [6.07, 6.45) is 2.54. The molecule has 2 heteroatoms. The van der Waals surface area contributed by atoms with E-state index in [1.165, 1.54) is 37.1 Å². The Hall–Kier alpha value is -0.860. The van der Waals surface area contributed by atoms with E-state index < -0.39 is 0 Å². The van der Waals surface area contributed by atoms with E-state index >= 15 is 0 Å². The van der Waals surface area contributed by atoms with Crippen LogP contribution in [-0.2, 0) is 0 Å². The summed E-state index contributed by atoms with van der Waals surface area (Å²) in [4.78, 5) is 2.58. The molecule has 1 aromatic carbocycles. The van der Waals surface area contributed by atoms with Gasteiger partial charge in [-0.15, -0.1) is 0 Å². The van der Waals surface area contributed by atoms with Crippen molar-refractivity contribution < 1.29 is 0 Å². The van der Waals surface area contributed by atoms with E-state index in [1.54, 1.807) is 0 Å². The molecule has 2 nitrogen and oxygen atoms in total. The molecule has 0 aromatic heterocycles. The van der Waals surface area contributed by atoms with E-state index in [-0.39, 0.29) is 0 Å². The van der Waals surface area contributed by atoms with Gasteiger partial charge in [0.15, 0.2) is 0 Å². The quantitative estimate of drug-likeness (QED) is 0.891. The lowest BCUT2D eigenvalue weighted by molar-refractivity contribution is 0.157. The van der Waals surface area contributed by atoms with E-state index in [1.807, 2.05) is 0 Å². The SMILES string of the molecule is Cc1cccc(C(C)NC2CCN(C(C)C)CC2)c1. The number of benzene rings is 1. The van der Waals surface area contributed by atoms with Crippen molar-refractivity contribution in [1.29, 1.82) is 0 Å². The van der Waals surface area contributed by atoms with Crippen molar-refractivity contribution in [2.24, 2.45) is 0 Å². The summed E-state index contributed by atoms with van der Waals surface area (Å²) in [6, 6.07) is 10.7. The molecule has 1 heterocycles. The Labute approximate surface area is 118 Å². The molecule has 1 aliphatic heterocycles. The summed E-state index contributed by atoms with van der Waals surface area (Å²) in [6.45, 7) is 11.5. The zero-order valence-corrected chi connectivity index (χ0v) is 12.8. The van der Waals surface area contributed by atoms with Gasteiger partial charge in [0.1, 0.15) is 0 Å². The van der Waals surface area contributed by atoms with Gasteiger partial charge in [0.25, 0.3) is 0 Å². The Morgan fingerprint density at radius 3 is 2.42 bits per heavy atom. The molecule has 1 unspecified atom stereocenters. The number of aryl methyl sites for hydroxylation is 1. The second kappa shape index (κ2) is 6.53. The number of nitrogens with one attached hydrogen (secondary N) is 1. The fraction of sp³-hybridized carbons (Fsp3) is 0.647. The average Bonchev–Trinajstić information content (AvgIpc) is 2.39. The topological polar surface area (TPSA) is 15.3 Å². The van der Waals surface area contributed by atoms with E-state index in [9.17, 15) is 0 Å². The normalized spacial score (nSPS) is 19.8. The number of hydrogen-bond acceptors (Lipinski definition) is 2. The van der Waals surface area contributed by atoms with Crippen LogP contribution in [0.2, 0.25) is 0 Å². The Kier molecular flexibility index (Phi) is 5.00. The van der Waals surface area contributed by atoms with Crippen molar-refractivity contribution >= 4 is 0 Å². The van der Waals surface area contributed by atoms with E-state index in [2.05, 4.69) is 62.2 Å². The predicted molar refractivity (Wildman–Crippen MR) is 82.5 cm³/mol. The van der Waals surface area contributed by atoms with Crippen molar-refractivity contribution in [1.82, 2.24) is 10.2 Å². The third-order valence-corrected chi connectivity index (χ3v) is 4.29. The zero-order valence-electron chi connectivity index (χ0n) is 12.8. The molecule has 1 fully saturated rings. The minimum absolute atomic E-state index is 0.454. The molecule has 0 aliphatic carbocycles. The maximum Gasteiger partial charge on any atom is 0.0294 e. The maximum atomic E-state index is 3.80. The van der Waals surface area contributed by atoms with Crippen LogP contribution < -0.4 is 5.32 Å². The number of piperidine rings is 1. The molecule has 0 bridgehead atoms. The summed E-state index contributed by atoms with van der Waals surface area (Å²) in [7, 11) is 0. The summed E-state index contributed by atoms with van der Waals surface area (Å²) in [5, 5.41) is 3.80. The fourth-order valence-electron chi connectivity index (χ4n) is 2.97. The molecular weight excluding hydrogens is 232 g/mol. The van der Waals surface area contributed by atoms with Gasteiger partial charge in [-0.25, -0.2) is 0 Å². The molecule has 1 N–H and O–H groups in total. The number of likely N-dealkylation sites (tertiary alicyclic amines) is 1. The standard InChI is InChI=1S/C17H28N2/c1-13(2)19-10-8-17(9-11-19)18-15(4)16-7-5-6-14(3)12-16/h5-7,12-13,15,17-18H,8-11H2,1-4H3. The minimum atomic E-state index is 0.454. The van der Waals surface area contributed by atoms with Gasteiger partial charge in [-0.2, -0.15) is 0 Å². The molecule has 106 valence electrons. The van der Waals surface area contributed by atoms with Crippen LogP contribution in [0.25, 0.3) is 0 Å². The van der Waals surface area contributed by atoms with Gasteiger partial charge in [-0.05, 0) is 59.2 Å². The van der Waals surface area contributed by atoms with Gasteiger partial charge >= 0.3 is 0 Å². The van der Waals surface area contributed by atoms with E-state index in [4.69, 9.17) is 0 Å². The average molecular weight is 260 g/mol. The largest absolute Gasteiger partial charge is 0.307 e. The van der Waals surface area contributed by atoms with Crippen LogP contribution in [0.15, 0.2) is 24.3 Å². The monoisotopic (exact) mass is 260 g/mol. The molecule has 1 saturated heterocycles. The smallest absolute Gasteiger partial charge is 0.0294 e. The van der Waals surface area contributed by atoms with Crippen LogP contribution in [0.3, 0.4) is 0 Å². The zero-order chi connectivity index (χ0) is 13.8. The summed E-state index contributed by atoms with van der Waals surface area (Å²) >= 11 is 0. The van der Waals surface area contributed by atoms with Crippen LogP contribution in [0, 0.1) is 6.92 Å². The molecule has 1 aromatic rings. The van der Waals surface area contributed by atoms with Gasteiger partial charge in [0.2, 0.25) is 0 Å². The van der Waals surface area contributed by atoms with Crippen molar-refractivity contribution in [3.63, 3.8) is 0 Å². The lowest BCUT2D eigenvalue weighted by Gasteiger charge is -2.36. The summed E-state index contributed by atoms with van der Waals surface area (Å²) in [5.74, 6) is 0. The number of hydrogen-bond donors (Lipinski definition) is 1. The van der Waals surface area contributed by atoms with Gasteiger partial charge in [-0.1, -0.05) is 29.8 Å². The van der Waals surface area contributed by atoms with Gasteiger partial charge in [-0.3, -0.25) is 0 Å². The fourth-order valence-corrected chi connectivity index (χ4v) is 2.97. The Morgan fingerprint density at radius 1 is 1.16 bits per heavy atom. The highest BCUT2D eigenvalue weighted by atomic mass is 15.2. The van der Waals surface area contributed by atoms with E-state index in [0.29, 0.717) is 18.1 Å². The van der Waals surface area contributed by atoms with Gasteiger partial charge < -0.3 is 10.2 Å². The molecule has 2 rings (SSSR count). The summed E-state index contributed by atoms with van der Waals surface area (Å²) in [5.41, 5.74) is 2.76. The van der Waals surface area contributed by atoms with Crippen LogP contribution in [0.4, 0.5) is 0 Å². The molecule has 0 amide bonds. The first-order valence-corrected chi connectivity index (χ1v) is 7.63. The Morgan fingerprint density at radius 2 is 1.84 bits per heavy atom. The highest BCUT2D eigenvalue weighted by molar-refractivity contribution is 5.24. The van der Waals surface area contributed by atoms with Crippen LogP contribution >= 0.6 is 0 Å². The predicted octanol–water partition coefficient (Wildman–Crippen LogP) is 3.52. The van der Waals surface area contributed by atoms with Crippen LogP contribution in [-0.4, -0.2) is 30.1 Å². The van der Waals surface area contributed by atoms with Gasteiger partial charge in [0.05, 0.1) is 0 Å². The highest BCUT2D eigenvalue weighted by Crippen LogP contribution is 2.19. The van der Waals surface area contributed by atoms with Crippen molar-refractivity contribution in [2.45, 2.75) is 58.7 Å². The lowest BCUT2D eigenvalue weighted by atomic mass is 10.00. The molecule has 1 aliphatic rings. The molecule has 0 saturated carbocycles. The first-order valence-electron chi connectivity index (χ1n) is 7.63. The Bertz CT molecular complexity index is 392. The van der Waals surface area contributed by atoms with Crippen LogP contribution in [0.1, 0.15) is 50.8 Å². The molecule has 19 heavy (non-hydrogen) atoms. The number of rotatable bonds is 4. The molecule has 0 spiro atoms. The molecule has 1 atom stereocenters. The van der Waals surface area contributed by atoms with Crippen molar-refractivity contribution in [2.75, 3.05) is 13.1 Å². The first kappa shape index (κ1) is 14.5. The van der Waals surface area contributed by atoms with Gasteiger partial charge in [0, 0.05) is 18.1 Å². The minimum Gasteiger partial charge on any atom is -0.307 e. The van der Waals surface area contributed by atoms with Crippen molar-refractivity contribution in [3.8, 4) is 0 Å². The number of nitrogens with zero attached hydrogens (tertiary/aromatic N) is 1. The second-order valence-electron chi connectivity index (χ2n) is 6.21. The second-order valence-corrected chi connectivity index (χ2v) is 6.21. The lowest BCUT2D eigenvalue weighted by Crippen LogP contribution is -2.45. The van der Waals surface area contributed by atoms with Crippen molar-refractivity contribution in [3.05, 3.63) is 35.4 Å². The van der Waals surface area contributed by atoms with Crippen LogP contribution in [0.5, 0.6) is 0 Å². The maximum absolute atomic E-state index is 3.80. The highest BCUT2D eigenvalue weighted by Gasteiger charge is 2.21. The first-order chi connectivity index (χ1) is 9.06. The molecular formula is C17H28N2. The molecule has 0 radical (unpaired) electrons. The van der Waals surface area contributed by atoms with E-state index in [0.717, 1.165) is 0 Å².